The number of benzene rings is 1. The van der Waals surface area contributed by atoms with E-state index in [0.29, 0.717) is 27.8 Å². The molecule has 116 valence electrons. The van der Waals surface area contributed by atoms with Crippen LogP contribution in [0.5, 0.6) is 0 Å². The van der Waals surface area contributed by atoms with Crippen LogP contribution in [0.4, 0.5) is 5.69 Å². The molecular weight excluding hydrogens is 311 g/mol. The highest BCUT2D eigenvalue weighted by Gasteiger charge is 2.25. The molecule has 6 heteroatoms. The summed E-state index contributed by atoms with van der Waals surface area (Å²) in [6.07, 6.45) is 3.03. The van der Waals surface area contributed by atoms with Crippen molar-refractivity contribution in [1.29, 1.82) is 0 Å². The molecular formula is C15H20Cl2N2O2. The third kappa shape index (κ3) is 4.02. The van der Waals surface area contributed by atoms with E-state index in [1.807, 2.05) is 0 Å². The SMILES string of the molecule is CCCOC1CCCN(C(=O)c2cc(Cl)c(N)c(Cl)c2)C1. The molecule has 1 atom stereocenters. The molecule has 1 amide bonds. The highest BCUT2D eigenvalue weighted by molar-refractivity contribution is 6.39. The summed E-state index contributed by atoms with van der Waals surface area (Å²) in [5.74, 6) is -0.0800. The van der Waals surface area contributed by atoms with Crippen molar-refractivity contribution in [2.24, 2.45) is 0 Å². The number of ether oxygens (including phenoxy) is 1. The molecule has 1 aromatic rings. The van der Waals surface area contributed by atoms with Gasteiger partial charge in [0.2, 0.25) is 0 Å². The maximum absolute atomic E-state index is 12.5. The zero-order valence-corrected chi connectivity index (χ0v) is 13.6. The van der Waals surface area contributed by atoms with Gasteiger partial charge in [0.15, 0.2) is 0 Å². The summed E-state index contributed by atoms with van der Waals surface area (Å²) in [6.45, 7) is 4.14. The van der Waals surface area contributed by atoms with Gasteiger partial charge in [0.25, 0.3) is 5.91 Å². The average molecular weight is 331 g/mol. The highest BCUT2D eigenvalue weighted by Crippen LogP contribution is 2.29. The van der Waals surface area contributed by atoms with Crippen molar-refractivity contribution in [3.63, 3.8) is 0 Å². The highest BCUT2D eigenvalue weighted by atomic mass is 35.5. The van der Waals surface area contributed by atoms with E-state index < -0.39 is 0 Å². The fourth-order valence-electron chi connectivity index (χ4n) is 2.43. The Morgan fingerprint density at radius 3 is 2.71 bits per heavy atom. The molecule has 4 nitrogen and oxygen atoms in total. The third-order valence-corrected chi connectivity index (χ3v) is 4.17. The van der Waals surface area contributed by atoms with Gasteiger partial charge in [0, 0.05) is 25.3 Å². The second kappa shape index (κ2) is 7.34. The van der Waals surface area contributed by atoms with Crippen LogP contribution in [0.15, 0.2) is 12.1 Å². The summed E-state index contributed by atoms with van der Waals surface area (Å²) in [7, 11) is 0. The van der Waals surface area contributed by atoms with Crippen LogP contribution in [-0.2, 0) is 4.74 Å². The van der Waals surface area contributed by atoms with Gasteiger partial charge in [-0.05, 0) is 31.4 Å². The van der Waals surface area contributed by atoms with E-state index in [9.17, 15) is 4.79 Å². The van der Waals surface area contributed by atoms with Gasteiger partial charge in [-0.15, -0.1) is 0 Å². The normalized spacial score (nSPS) is 18.8. The number of carbonyl (C=O) groups is 1. The predicted octanol–water partition coefficient (Wildman–Crippen LogP) is 3.61. The summed E-state index contributed by atoms with van der Waals surface area (Å²) in [6, 6.07) is 3.14. The van der Waals surface area contributed by atoms with Gasteiger partial charge in [-0.1, -0.05) is 30.1 Å². The van der Waals surface area contributed by atoms with Gasteiger partial charge in [-0.2, -0.15) is 0 Å². The number of halogens is 2. The number of nitrogens with zero attached hydrogens (tertiary/aromatic N) is 1. The topological polar surface area (TPSA) is 55.6 Å². The van der Waals surface area contributed by atoms with Crippen LogP contribution >= 0.6 is 23.2 Å². The Kier molecular flexibility index (Phi) is 5.73. The van der Waals surface area contributed by atoms with Crippen molar-refractivity contribution >= 4 is 34.8 Å². The first-order chi connectivity index (χ1) is 10.0. The number of rotatable bonds is 4. The lowest BCUT2D eigenvalue weighted by Crippen LogP contribution is -2.43. The largest absolute Gasteiger partial charge is 0.396 e. The van der Waals surface area contributed by atoms with E-state index in [4.69, 9.17) is 33.7 Å². The molecule has 1 heterocycles. The molecule has 2 N–H and O–H groups in total. The number of nitrogens with two attached hydrogens (primary N) is 1. The van der Waals surface area contributed by atoms with Crippen LogP contribution in [0.3, 0.4) is 0 Å². The number of anilines is 1. The van der Waals surface area contributed by atoms with Gasteiger partial charge in [-0.25, -0.2) is 0 Å². The smallest absolute Gasteiger partial charge is 0.254 e. The van der Waals surface area contributed by atoms with Gasteiger partial charge >= 0.3 is 0 Å². The maximum atomic E-state index is 12.5. The van der Waals surface area contributed by atoms with Crippen LogP contribution in [-0.4, -0.2) is 36.6 Å². The Labute approximate surface area is 135 Å². The standard InChI is InChI=1S/C15H20Cl2N2O2/c1-2-6-21-11-4-3-5-19(9-11)15(20)10-7-12(16)14(18)13(17)8-10/h7-8,11H,2-6,9,18H2,1H3. The van der Waals surface area contributed by atoms with Crippen molar-refractivity contribution in [2.75, 3.05) is 25.4 Å². The average Bonchev–Trinajstić information content (AvgIpc) is 2.49. The molecule has 1 aromatic carbocycles. The summed E-state index contributed by atoms with van der Waals surface area (Å²) in [4.78, 5) is 14.3. The number of hydrogen-bond donors (Lipinski definition) is 1. The molecule has 1 unspecified atom stereocenters. The summed E-state index contributed by atoms with van der Waals surface area (Å²) in [5.41, 5.74) is 6.47. The zero-order chi connectivity index (χ0) is 15.4. The first kappa shape index (κ1) is 16.4. The van der Waals surface area contributed by atoms with E-state index >= 15 is 0 Å². The fraction of sp³-hybridized carbons (Fsp3) is 0.533. The first-order valence-corrected chi connectivity index (χ1v) is 7.94. The Bertz CT molecular complexity index is 499. The van der Waals surface area contributed by atoms with Gasteiger partial charge < -0.3 is 15.4 Å². The number of hydrogen-bond acceptors (Lipinski definition) is 3. The molecule has 0 bridgehead atoms. The Morgan fingerprint density at radius 2 is 2.10 bits per heavy atom. The molecule has 1 aliphatic rings. The molecule has 0 aliphatic carbocycles. The molecule has 0 radical (unpaired) electrons. The van der Waals surface area contributed by atoms with Crippen LogP contribution in [0.1, 0.15) is 36.5 Å². The lowest BCUT2D eigenvalue weighted by Gasteiger charge is -2.32. The lowest BCUT2D eigenvalue weighted by molar-refractivity contribution is 0.00211. The van der Waals surface area contributed by atoms with Crippen LogP contribution in [0, 0.1) is 0 Å². The van der Waals surface area contributed by atoms with E-state index in [1.54, 1.807) is 17.0 Å². The fourth-order valence-corrected chi connectivity index (χ4v) is 2.92. The first-order valence-electron chi connectivity index (χ1n) is 7.18. The quantitative estimate of drug-likeness (QED) is 0.858. The van der Waals surface area contributed by atoms with Crippen molar-refractivity contribution in [2.45, 2.75) is 32.3 Å². The molecule has 21 heavy (non-hydrogen) atoms. The molecule has 0 aromatic heterocycles. The van der Waals surface area contributed by atoms with E-state index in [-0.39, 0.29) is 12.0 Å². The monoisotopic (exact) mass is 330 g/mol. The van der Waals surface area contributed by atoms with E-state index in [2.05, 4.69) is 6.92 Å². The predicted molar refractivity (Wildman–Crippen MR) is 86.0 cm³/mol. The minimum atomic E-state index is -0.0800. The summed E-state index contributed by atoms with van der Waals surface area (Å²) in [5, 5.41) is 0.614. The van der Waals surface area contributed by atoms with Crippen LogP contribution in [0.2, 0.25) is 10.0 Å². The van der Waals surface area contributed by atoms with E-state index in [0.717, 1.165) is 32.4 Å². The molecule has 0 spiro atoms. The minimum absolute atomic E-state index is 0.0800. The number of carbonyl (C=O) groups excluding carboxylic acids is 1. The Morgan fingerprint density at radius 1 is 1.43 bits per heavy atom. The summed E-state index contributed by atoms with van der Waals surface area (Å²) >= 11 is 12.0. The van der Waals surface area contributed by atoms with Gasteiger partial charge in [-0.3, -0.25) is 4.79 Å². The van der Waals surface area contributed by atoms with Crippen LogP contribution in [0.25, 0.3) is 0 Å². The van der Waals surface area contributed by atoms with Crippen molar-refractivity contribution < 1.29 is 9.53 Å². The molecule has 1 saturated heterocycles. The molecule has 2 rings (SSSR count). The number of nitrogen functional groups attached to an aromatic ring is 1. The van der Waals surface area contributed by atoms with Crippen molar-refractivity contribution in [3.05, 3.63) is 27.7 Å². The summed E-state index contributed by atoms with van der Waals surface area (Å²) < 4.78 is 5.75. The molecule has 0 saturated carbocycles. The third-order valence-electron chi connectivity index (χ3n) is 3.55. The lowest BCUT2D eigenvalue weighted by atomic mass is 10.1. The van der Waals surface area contributed by atoms with E-state index in [1.165, 1.54) is 0 Å². The number of piperidine rings is 1. The zero-order valence-electron chi connectivity index (χ0n) is 12.1. The van der Waals surface area contributed by atoms with Gasteiger partial charge in [0.05, 0.1) is 21.8 Å². The Hall–Kier alpha value is -0.970. The van der Waals surface area contributed by atoms with Crippen LogP contribution < -0.4 is 5.73 Å². The van der Waals surface area contributed by atoms with Gasteiger partial charge in [0.1, 0.15) is 0 Å². The second-order valence-electron chi connectivity index (χ2n) is 5.24. The maximum Gasteiger partial charge on any atom is 0.254 e. The minimum Gasteiger partial charge on any atom is -0.396 e. The molecule has 1 aliphatic heterocycles. The number of amides is 1. The Balaban J connectivity index is 2.09. The number of likely N-dealkylation sites (tertiary alicyclic amines) is 1. The second-order valence-corrected chi connectivity index (χ2v) is 6.05. The van der Waals surface area contributed by atoms with Crippen molar-refractivity contribution in [3.8, 4) is 0 Å². The van der Waals surface area contributed by atoms with Crippen molar-refractivity contribution in [1.82, 2.24) is 4.90 Å². The molecule has 1 fully saturated rings.